The van der Waals surface area contributed by atoms with Crippen LogP contribution in [0.4, 0.5) is 0 Å². The summed E-state index contributed by atoms with van der Waals surface area (Å²) in [5.41, 5.74) is 2.38. The molecule has 0 saturated carbocycles. The molecule has 0 spiro atoms. The van der Waals surface area contributed by atoms with Crippen LogP contribution in [-0.4, -0.2) is 22.9 Å². The monoisotopic (exact) mass is 277 g/mol. The van der Waals surface area contributed by atoms with Crippen LogP contribution in [0.5, 0.6) is 0 Å². The first-order chi connectivity index (χ1) is 9.18. The van der Waals surface area contributed by atoms with Gasteiger partial charge in [0.2, 0.25) is 0 Å². The minimum atomic E-state index is 0.291. The van der Waals surface area contributed by atoms with Gasteiger partial charge in [-0.05, 0) is 64.4 Å². The number of thiophene rings is 1. The molecule has 2 atom stereocenters. The van der Waals surface area contributed by atoms with E-state index in [-0.39, 0.29) is 0 Å². The minimum Gasteiger partial charge on any atom is -0.333 e. The summed E-state index contributed by atoms with van der Waals surface area (Å²) in [7, 11) is 0. The van der Waals surface area contributed by atoms with Crippen molar-refractivity contribution in [2.75, 3.05) is 0 Å². The van der Waals surface area contributed by atoms with E-state index < -0.39 is 0 Å². The fourth-order valence-corrected chi connectivity index (χ4v) is 4.75. The van der Waals surface area contributed by atoms with Gasteiger partial charge in [0.1, 0.15) is 0 Å². The minimum absolute atomic E-state index is 0.291. The van der Waals surface area contributed by atoms with Gasteiger partial charge in [0.05, 0.1) is 5.56 Å². The van der Waals surface area contributed by atoms with Gasteiger partial charge in [-0.3, -0.25) is 4.79 Å². The van der Waals surface area contributed by atoms with E-state index in [1.807, 2.05) is 0 Å². The van der Waals surface area contributed by atoms with Crippen molar-refractivity contribution < 1.29 is 4.79 Å². The van der Waals surface area contributed by atoms with Gasteiger partial charge in [-0.15, -0.1) is 11.3 Å². The molecule has 2 nitrogen and oxygen atoms in total. The topological polar surface area (TPSA) is 20.3 Å². The van der Waals surface area contributed by atoms with Gasteiger partial charge in [-0.1, -0.05) is 0 Å². The fourth-order valence-electron chi connectivity index (χ4n) is 3.63. The Labute approximate surface area is 119 Å². The Bertz CT molecular complexity index is 469. The normalized spacial score (nSPS) is 27.2. The third kappa shape index (κ3) is 2.33. The highest BCUT2D eigenvalue weighted by atomic mass is 32.1. The zero-order valence-electron chi connectivity index (χ0n) is 11.9. The molecule has 104 valence electrons. The van der Waals surface area contributed by atoms with E-state index in [4.69, 9.17) is 0 Å². The number of likely N-dealkylation sites (tertiary alicyclic amines) is 1. The largest absolute Gasteiger partial charge is 0.333 e. The Hall–Kier alpha value is -0.830. The molecule has 1 aliphatic heterocycles. The van der Waals surface area contributed by atoms with Crippen LogP contribution in [-0.2, 0) is 12.8 Å². The summed E-state index contributed by atoms with van der Waals surface area (Å²) < 4.78 is 0. The van der Waals surface area contributed by atoms with Crippen LogP contribution in [0, 0.1) is 0 Å². The summed E-state index contributed by atoms with van der Waals surface area (Å²) in [5.74, 6) is 0.291. The number of fused-ring (bicyclic) bond motifs is 1. The lowest BCUT2D eigenvalue weighted by molar-refractivity contribution is 0.0510. The lowest BCUT2D eigenvalue weighted by atomic mass is 9.93. The summed E-state index contributed by atoms with van der Waals surface area (Å²) in [6.07, 6.45) is 8.39. The summed E-state index contributed by atoms with van der Waals surface area (Å²) in [5, 5.41) is 2.12. The molecule has 1 fully saturated rings. The second-order valence-electron chi connectivity index (χ2n) is 6.10. The van der Waals surface area contributed by atoms with Gasteiger partial charge in [0.15, 0.2) is 0 Å². The fraction of sp³-hybridized carbons (Fsp3) is 0.688. The zero-order valence-corrected chi connectivity index (χ0v) is 12.8. The molecule has 0 bridgehead atoms. The lowest BCUT2D eigenvalue weighted by Gasteiger charge is -2.39. The van der Waals surface area contributed by atoms with Gasteiger partial charge in [0, 0.05) is 22.3 Å². The molecule has 3 rings (SSSR count). The van der Waals surface area contributed by atoms with Gasteiger partial charge >= 0.3 is 0 Å². The molecule has 1 aromatic heterocycles. The maximum atomic E-state index is 12.9. The summed E-state index contributed by atoms with van der Waals surface area (Å²) >= 11 is 1.80. The molecule has 0 radical (unpaired) electrons. The molecule has 1 saturated heterocycles. The van der Waals surface area contributed by atoms with E-state index in [2.05, 4.69) is 24.1 Å². The molecular weight excluding hydrogens is 254 g/mol. The van der Waals surface area contributed by atoms with Crippen LogP contribution in [0.25, 0.3) is 0 Å². The molecule has 1 aliphatic carbocycles. The average molecular weight is 277 g/mol. The molecule has 1 aromatic rings. The molecule has 0 N–H and O–H groups in total. The van der Waals surface area contributed by atoms with Crippen molar-refractivity contribution in [3.63, 3.8) is 0 Å². The number of aryl methyl sites for hydroxylation is 1. The quantitative estimate of drug-likeness (QED) is 0.759. The number of carbonyl (C=O) groups is 1. The lowest BCUT2D eigenvalue weighted by Crippen LogP contribution is -2.47. The number of piperidine rings is 1. The van der Waals surface area contributed by atoms with E-state index in [9.17, 15) is 4.79 Å². The van der Waals surface area contributed by atoms with Crippen LogP contribution in [0.1, 0.15) is 66.8 Å². The molecule has 2 heterocycles. The van der Waals surface area contributed by atoms with Gasteiger partial charge in [-0.25, -0.2) is 0 Å². The van der Waals surface area contributed by atoms with Crippen molar-refractivity contribution >= 4 is 17.2 Å². The second-order valence-corrected chi connectivity index (χ2v) is 7.06. The van der Waals surface area contributed by atoms with Crippen LogP contribution >= 0.6 is 11.3 Å². The molecule has 0 aromatic carbocycles. The first kappa shape index (κ1) is 13.2. The maximum Gasteiger partial charge on any atom is 0.255 e. The molecule has 1 amide bonds. The van der Waals surface area contributed by atoms with Crippen LogP contribution < -0.4 is 0 Å². The molecule has 2 unspecified atom stereocenters. The number of carbonyl (C=O) groups excluding carboxylic acids is 1. The standard InChI is InChI=1S/C16H23NOS/c1-11-6-5-7-12(2)17(11)16(18)14-10-19-15-9-4-3-8-13(14)15/h10-12H,3-9H2,1-2H3. The van der Waals surface area contributed by atoms with E-state index in [1.54, 1.807) is 11.3 Å². The smallest absolute Gasteiger partial charge is 0.255 e. The van der Waals surface area contributed by atoms with Crippen molar-refractivity contribution in [1.82, 2.24) is 4.90 Å². The number of nitrogens with zero attached hydrogens (tertiary/aromatic N) is 1. The highest BCUT2D eigenvalue weighted by Crippen LogP contribution is 2.33. The number of hydrogen-bond acceptors (Lipinski definition) is 2. The summed E-state index contributed by atoms with van der Waals surface area (Å²) in [6, 6.07) is 0.797. The highest BCUT2D eigenvalue weighted by Gasteiger charge is 2.32. The number of rotatable bonds is 1. The van der Waals surface area contributed by atoms with Gasteiger partial charge < -0.3 is 4.90 Å². The first-order valence-electron chi connectivity index (χ1n) is 7.60. The van der Waals surface area contributed by atoms with Crippen molar-refractivity contribution in [2.45, 2.75) is 70.9 Å². The van der Waals surface area contributed by atoms with Gasteiger partial charge in [-0.2, -0.15) is 0 Å². The van der Waals surface area contributed by atoms with Crippen molar-refractivity contribution in [3.05, 3.63) is 21.4 Å². The van der Waals surface area contributed by atoms with Crippen molar-refractivity contribution in [2.24, 2.45) is 0 Å². The summed E-state index contributed by atoms with van der Waals surface area (Å²) in [6.45, 7) is 4.40. The van der Waals surface area contributed by atoms with Crippen molar-refractivity contribution in [3.8, 4) is 0 Å². The maximum absolute atomic E-state index is 12.9. The number of amides is 1. The Kier molecular flexibility index (Phi) is 3.66. The Balaban J connectivity index is 1.89. The Morgan fingerprint density at radius 2 is 1.84 bits per heavy atom. The molecule has 2 aliphatic rings. The third-order valence-corrected chi connectivity index (χ3v) is 5.81. The van der Waals surface area contributed by atoms with E-state index in [0.717, 1.165) is 24.8 Å². The molecular formula is C16H23NOS. The van der Waals surface area contributed by atoms with Crippen LogP contribution in [0.3, 0.4) is 0 Å². The Morgan fingerprint density at radius 1 is 1.16 bits per heavy atom. The predicted octanol–water partition coefficient (Wildman–Crippen LogP) is 4.03. The predicted molar refractivity (Wildman–Crippen MR) is 79.9 cm³/mol. The third-order valence-electron chi connectivity index (χ3n) is 4.72. The van der Waals surface area contributed by atoms with E-state index in [0.29, 0.717) is 18.0 Å². The first-order valence-corrected chi connectivity index (χ1v) is 8.48. The Morgan fingerprint density at radius 3 is 2.58 bits per heavy atom. The van der Waals surface area contributed by atoms with Crippen LogP contribution in [0.2, 0.25) is 0 Å². The van der Waals surface area contributed by atoms with E-state index in [1.165, 1.54) is 36.1 Å². The number of hydrogen-bond donors (Lipinski definition) is 0. The van der Waals surface area contributed by atoms with Crippen molar-refractivity contribution in [1.29, 1.82) is 0 Å². The van der Waals surface area contributed by atoms with Gasteiger partial charge in [0.25, 0.3) is 5.91 Å². The van der Waals surface area contributed by atoms with Crippen LogP contribution in [0.15, 0.2) is 5.38 Å². The average Bonchev–Trinajstić information content (AvgIpc) is 2.82. The molecule has 19 heavy (non-hydrogen) atoms. The highest BCUT2D eigenvalue weighted by molar-refractivity contribution is 7.10. The van der Waals surface area contributed by atoms with E-state index >= 15 is 0 Å². The summed E-state index contributed by atoms with van der Waals surface area (Å²) in [4.78, 5) is 16.5. The second kappa shape index (κ2) is 5.28. The SMILES string of the molecule is CC1CCCC(C)N1C(=O)c1csc2c1CCCC2. The zero-order chi connectivity index (χ0) is 13.4. The molecule has 3 heteroatoms.